The lowest BCUT2D eigenvalue weighted by Gasteiger charge is -2.05. The van der Waals surface area contributed by atoms with Gasteiger partial charge in [-0.05, 0) is 37.1 Å². The Hall–Kier alpha value is -1.97. The topological polar surface area (TPSA) is 53.1 Å². The van der Waals surface area contributed by atoms with Crippen molar-refractivity contribution in [1.82, 2.24) is 9.78 Å². The fraction of sp³-hybridized carbons (Fsp3) is 0.400. The van der Waals surface area contributed by atoms with Crippen LogP contribution in [-0.2, 0) is 6.54 Å². The third-order valence-corrected chi connectivity index (χ3v) is 2.84. The molecular formula is C15H21N3O. The van der Waals surface area contributed by atoms with E-state index in [1.165, 1.54) is 0 Å². The van der Waals surface area contributed by atoms with Crippen LogP contribution in [0.25, 0.3) is 11.3 Å². The molecule has 0 saturated heterocycles. The van der Waals surface area contributed by atoms with Crippen molar-refractivity contribution in [3.05, 3.63) is 30.5 Å². The summed E-state index contributed by atoms with van der Waals surface area (Å²) in [6, 6.07) is 7.92. The predicted molar refractivity (Wildman–Crippen MR) is 78.2 cm³/mol. The van der Waals surface area contributed by atoms with E-state index in [4.69, 9.17) is 10.5 Å². The van der Waals surface area contributed by atoms with Crippen molar-refractivity contribution >= 4 is 5.69 Å². The van der Waals surface area contributed by atoms with Gasteiger partial charge in [0.05, 0.1) is 12.3 Å². The average Bonchev–Trinajstić information content (AvgIpc) is 2.78. The summed E-state index contributed by atoms with van der Waals surface area (Å²) in [5.74, 6) is 0.886. The van der Waals surface area contributed by atoms with E-state index < -0.39 is 0 Å². The number of nitrogens with zero attached hydrogens (tertiary/aromatic N) is 2. The number of rotatable bonds is 6. The van der Waals surface area contributed by atoms with Gasteiger partial charge in [-0.25, -0.2) is 0 Å². The molecule has 0 spiro atoms. The van der Waals surface area contributed by atoms with Crippen LogP contribution in [0.2, 0.25) is 0 Å². The minimum Gasteiger partial charge on any atom is -0.494 e. The molecular weight excluding hydrogens is 238 g/mol. The predicted octanol–water partition coefficient (Wildman–Crippen LogP) is 3.33. The first kappa shape index (κ1) is 13.5. The van der Waals surface area contributed by atoms with Gasteiger partial charge in [-0.3, -0.25) is 4.68 Å². The zero-order valence-electron chi connectivity index (χ0n) is 11.6. The number of nitrogens with two attached hydrogens (primary N) is 1. The second-order valence-electron chi connectivity index (χ2n) is 4.57. The maximum Gasteiger partial charge on any atom is 0.119 e. The summed E-state index contributed by atoms with van der Waals surface area (Å²) in [5.41, 5.74) is 8.59. The van der Waals surface area contributed by atoms with Crippen LogP contribution in [0.4, 0.5) is 5.69 Å². The smallest absolute Gasteiger partial charge is 0.119 e. The molecule has 1 aromatic heterocycles. The minimum atomic E-state index is 0.718. The Bertz CT molecular complexity index is 517. The summed E-state index contributed by atoms with van der Waals surface area (Å²) >= 11 is 0. The van der Waals surface area contributed by atoms with Gasteiger partial charge in [-0.15, -0.1) is 0 Å². The van der Waals surface area contributed by atoms with Crippen LogP contribution >= 0.6 is 0 Å². The molecule has 2 rings (SSSR count). The molecule has 0 amide bonds. The molecule has 1 heterocycles. The van der Waals surface area contributed by atoms with Crippen LogP contribution in [0.15, 0.2) is 30.5 Å². The van der Waals surface area contributed by atoms with E-state index in [1.54, 1.807) is 0 Å². The van der Waals surface area contributed by atoms with Crippen molar-refractivity contribution in [2.45, 2.75) is 33.2 Å². The van der Waals surface area contributed by atoms with Crippen LogP contribution in [0.5, 0.6) is 5.75 Å². The van der Waals surface area contributed by atoms with Crippen molar-refractivity contribution in [3.63, 3.8) is 0 Å². The lowest BCUT2D eigenvalue weighted by molar-refractivity contribution is 0.317. The zero-order valence-corrected chi connectivity index (χ0v) is 11.6. The van der Waals surface area contributed by atoms with Gasteiger partial charge < -0.3 is 10.5 Å². The molecule has 0 aliphatic heterocycles. The van der Waals surface area contributed by atoms with Gasteiger partial charge in [0.25, 0.3) is 0 Å². The highest BCUT2D eigenvalue weighted by molar-refractivity contribution is 5.72. The normalized spacial score (nSPS) is 10.6. The molecule has 4 heteroatoms. The lowest BCUT2D eigenvalue weighted by Crippen LogP contribution is -1.97. The summed E-state index contributed by atoms with van der Waals surface area (Å²) < 4.78 is 7.46. The summed E-state index contributed by atoms with van der Waals surface area (Å²) in [6.07, 6.45) is 3.95. The zero-order chi connectivity index (χ0) is 13.7. The van der Waals surface area contributed by atoms with E-state index in [9.17, 15) is 0 Å². The Morgan fingerprint density at radius 2 is 1.89 bits per heavy atom. The van der Waals surface area contributed by atoms with E-state index in [1.807, 2.05) is 35.1 Å². The quantitative estimate of drug-likeness (QED) is 0.865. The van der Waals surface area contributed by atoms with Crippen molar-refractivity contribution in [3.8, 4) is 17.0 Å². The van der Waals surface area contributed by atoms with E-state index in [0.717, 1.165) is 48.7 Å². The monoisotopic (exact) mass is 259 g/mol. The highest BCUT2D eigenvalue weighted by Crippen LogP contribution is 2.26. The van der Waals surface area contributed by atoms with Crippen LogP contribution in [-0.4, -0.2) is 16.4 Å². The molecule has 0 saturated carbocycles. The molecule has 102 valence electrons. The van der Waals surface area contributed by atoms with Gasteiger partial charge in [0.1, 0.15) is 11.4 Å². The fourth-order valence-corrected chi connectivity index (χ4v) is 1.93. The van der Waals surface area contributed by atoms with Crippen LogP contribution in [0.3, 0.4) is 0 Å². The van der Waals surface area contributed by atoms with E-state index in [-0.39, 0.29) is 0 Å². The molecule has 0 aliphatic rings. The number of anilines is 1. The Balaban J connectivity index is 2.17. The van der Waals surface area contributed by atoms with Gasteiger partial charge in [0.15, 0.2) is 0 Å². The molecule has 1 aromatic carbocycles. The molecule has 2 N–H and O–H groups in total. The number of ether oxygens (including phenoxy) is 1. The van der Waals surface area contributed by atoms with E-state index in [2.05, 4.69) is 18.9 Å². The summed E-state index contributed by atoms with van der Waals surface area (Å²) in [4.78, 5) is 0. The maximum absolute atomic E-state index is 6.01. The van der Waals surface area contributed by atoms with Gasteiger partial charge >= 0.3 is 0 Å². The third-order valence-electron chi connectivity index (χ3n) is 2.84. The van der Waals surface area contributed by atoms with Crippen molar-refractivity contribution in [1.29, 1.82) is 0 Å². The molecule has 0 fully saturated rings. The first-order valence-corrected chi connectivity index (χ1v) is 6.80. The van der Waals surface area contributed by atoms with Gasteiger partial charge in [0, 0.05) is 18.3 Å². The SMILES string of the molecule is CCCOc1ccc(-c2nn(CCC)cc2N)cc1. The average molecular weight is 259 g/mol. The second-order valence-corrected chi connectivity index (χ2v) is 4.57. The van der Waals surface area contributed by atoms with Gasteiger partial charge in [0.2, 0.25) is 0 Å². The first-order chi connectivity index (χ1) is 9.24. The molecule has 0 unspecified atom stereocenters. The second kappa shape index (κ2) is 6.27. The van der Waals surface area contributed by atoms with Gasteiger partial charge in [-0.2, -0.15) is 5.10 Å². The van der Waals surface area contributed by atoms with Crippen LogP contribution in [0, 0.1) is 0 Å². The van der Waals surface area contributed by atoms with Crippen molar-refractivity contribution in [2.24, 2.45) is 0 Å². The minimum absolute atomic E-state index is 0.718. The number of hydrogen-bond acceptors (Lipinski definition) is 3. The lowest BCUT2D eigenvalue weighted by atomic mass is 10.1. The largest absolute Gasteiger partial charge is 0.494 e. The van der Waals surface area contributed by atoms with E-state index in [0.29, 0.717) is 0 Å². The first-order valence-electron chi connectivity index (χ1n) is 6.80. The Morgan fingerprint density at radius 1 is 1.16 bits per heavy atom. The molecule has 2 aromatic rings. The van der Waals surface area contributed by atoms with Crippen LogP contribution in [0.1, 0.15) is 26.7 Å². The highest BCUT2D eigenvalue weighted by Gasteiger charge is 2.08. The molecule has 19 heavy (non-hydrogen) atoms. The number of aryl methyl sites for hydroxylation is 1. The summed E-state index contributed by atoms with van der Waals surface area (Å²) in [5, 5.41) is 4.51. The third kappa shape index (κ3) is 3.28. The molecule has 0 radical (unpaired) electrons. The maximum atomic E-state index is 6.01. The Labute approximate surface area is 114 Å². The number of benzene rings is 1. The van der Waals surface area contributed by atoms with Gasteiger partial charge in [-0.1, -0.05) is 13.8 Å². The Kier molecular flexibility index (Phi) is 4.44. The molecule has 4 nitrogen and oxygen atoms in total. The van der Waals surface area contributed by atoms with E-state index >= 15 is 0 Å². The fourth-order valence-electron chi connectivity index (χ4n) is 1.93. The van der Waals surface area contributed by atoms with Crippen molar-refractivity contribution < 1.29 is 4.74 Å². The summed E-state index contributed by atoms with van der Waals surface area (Å²) in [6.45, 7) is 5.85. The van der Waals surface area contributed by atoms with Crippen molar-refractivity contribution in [2.75, 3.05) is 12.3 Å². The molecule has 0 atom stereocenters. The number of nitrogen functional groups attached to an aromatic ring is 1. The standard InChI is InChI=1S/C15H21N3O/c1-3-9-18-11-14(16)15(17-18)12-5-7-13(8-6-12)19-10-4-2/h5-8,11H,3-4,9-10,16H2,1-2H3. The molecule has 0 bridgehead atoms. The number of aromatic nitrogens is 2. The van der Waals surface area contributed by atoms with Crippen LogP contribution < -0.4 is 10.5 Å². The summed E-state index contributed by atoms with van der Waals surface area (Å²) in [7, 11) is 0. The Morgan fingerprint density at radius 3 is 2.53 bits per heavy atom. The number of hydrogen-bond donors (Lipinski definition) is 1. The molecule has 0 aliphatic carbocycles. The highest BCUT2D eigenvalue weighted by atomic mass is 16.5.